The molecule has 2 unspecified atom stereocenters. The summed E-state index contributed by atoms with van der Waals surface area (Å²) in [6.07, 6.45) is 0.615. The Morgan fingerprint density at radius 2 is 2.16 bits per heavy atom. The molecule has 1 aliphatic heterocycles. The Morgan fingerprint density at radius 1 is 1.47 bits per heavy atom. The topological polar surface area (TPSA) is 83.6 Å². The lowest BCUT2D eigenvalue weighted by Crippen LogP contribution is -2.30. The Labute approximate surface area is 111 Å². The molecule has 2 heterocycles. The van der Waals surface area contributed by atoms with Crippen LogP contribution in [0.15, 0.2) is 4.52 Å². The summed E-state index contributed by atoms with van der Waals surface area (Å²) in [5.41, 5.74) is 1.12. The van der Waals surface area contributed by atoms with Gasteiger partial charge in [0.25, 0.3) is 5.91 Å². The molecule has 0 aromatic carbocycles. The van der Waals surface area contributed by atoms with Crippen LogP contribution < -0.4 is 0 Å². The average Bonchev–Trinajstić information content (AvgIpc) is 2.91. The van der Waals surface area contributed by atoms with Crippen LogP contribution in [0.2, 0.25) is 0 Å². The fourth-order valence-electron chi connectivity index (χ4n) is 2.55. The first-order valence-corrected chi connectivity index (χ1v) is 6.42. The van der Waals surface area contributed by atoms with Crippen LogP contribution in [-0.4, -0.2) is 40.1 Å². The van der Waals surface area contributed by atoms with Gasteiger partial charge in [-0.1, -0.05) is 19.0 Å². The number of hydrogen-bond acceptors (Lipinski definition) is 4. The number of carboxylic acid groups (broad SMARTS) is 1. The number of carbonyl (C=O) groups is 2. The Hall–Kier alpha value is -1.85. The van der Waals surface area contributed by atoms with Crippen molar-refractivity contribution in [1.82, 2.24) is 10.1 Å². The molecule has 2 rings (SSSR count). The van der Waals surface area contributed by atoms with E-state index in [9.17, 15) is 9.59 Å². The number of carbonyl (C=O) groups excluding carboxylic acids is 1. The van der Waals surface area contributed by atoms with Gasteiger partial charge >= 0.3 is 5.97 Å². The maximum absolute atomic E-state index is 12.5. The molecule has 1 aliphatic rings. The molecule has 19 heavy (non-hydrogen) atoms. The predicted molar refractivity (Wildman–Crippen MR) is 66.8 cm³/mol. The van der Waals surface area contributed by atoms with Gasteiger partial charge in [0.15, 0.2) is 0 Å². The lowest BCUT2D eigenvalue weighted by Gasteiger charge is -2.15. The van der Waals surface area contributed by atoms with E-state index in [4.69, 9.17) is 9.63 Å². The van der Waals surface area contributed by atoms with E-state index in [2.05, 4.69) is 5.16 Å². The second-order valence-corrected chi connectivity index (χ2v) is 5.05. The highest BCUT2D eigenvalue weighted by Gasteiger charge is 2.38. The van der Waals surface area contributed by atoms with E-state index in [-0.39, 0.29) is 18.4 Å². The molecule has 2 atom stereocenters. The molecule has 1 N–H and O–H groups in total. The van der Waals surface area contributed by atoms with Crippen LogP contribution >= 0.6 is 0 Å². The predicted octanol–water partition coefficient (Wildman–Crippen LogP) is 1.34. The lowest BCUT2D eigenvalue weighted by atomic mass is 9.99. The number of aryl methyl sites for hydroxylation is 2. The van der Waals surface area contributed by atoms with Gasteiger partial charge in [-0.2, -0.15) is 0 Å². The van der Waals surface area contributed by atoms with Crippen LogP contribution in [0.3, 0.4) is 0 Å². The highest BCUT2D eigenvalue weighted by molar-refractivity contribution is 5.96. The molecule has 6 heteroatoms. The van der Waals surface area contributed by atoms with Gasteiger partial charge in [0.1, 0.15) is 11.3 Å². The van der Waals surface area contributed by atoms with Gasteiger partial charge in [0, 0.05) is 13.1 Å². The first-order chi connectivity index (χ1) is 8.95. The molecule has 0 radical (unpaired) electrons. The molecule has 1 saturated heterocycles. The van der Waals surface area contributed by atoms with Crippen molar-refractivity contribution in [2.75, 3.05) is 13.1 Å². The van der Waals surface area contributed by atoms with Gasteiger partial charge in [-0.25, -0.2) is 0 Å². The van der Waals surface area contributed by atoms with Crippen molar-refractivity contribution in [1.29, 1.82) is 0 Å². The van der Waals surface area contributed by atoms with Gasteiger partial charge in [0.2, 0.25) is 0 Å². The highest BCUT2D eigenvalue weighted by Crippen LogP contribution is 2.26. The average molecular weight is 266 g/mol. The number of likely N-dealkylation sites (tertiary alicyclic amines) is 1. The minimum absolute atomic E-state index is 0.0355. The van der Waals surface area contributed by atoms with Crippen molar-refractivity contribution >= 4 is 11.9 Å². The van der Waals surface area contributed by atoms with E-state index in [0.29, 0.717) is 30.0 Å². The van der Waals surface area contributed by atoms with Crippen molar-refractivity contribution in [3.63, 3.8) is 0 Å². The maximum atomic E-state index is 12.5. The molecule has 0 bridgehead atoms. The summed E-state index contributed by atoms with van der Waals surface area (Å²) in [7, 11) is 0. The highest BCUT2D eigenvalue weighted by atomic mass is 16.5. The van der Waals surface area contributed by atoms with E-state index in [1.54, 1.807) is 11.8 Å². The van der Waals surface area contributed by atoms with Crippen LogP contribution in [0.5, 0.6) is 0 Å². The summed E-state index contributed by atoms with van der Waals surface area (Å²) in [5, 5.41) is 13.0. The second kappa shape index (κ2) is 5.03. The zero-order chi connectivity index (χ0) is 14.2. The van der Waals surface area contributed by atoms with Crippen molar-refractivity contribution in [3.05, 3.63) is 17.0 Å². The molecule has 1 aromatic heterocycles. The molecule has 6 nitrogen and oxygen atoms in total. The van der Waals surface area contributed by atoms with Crippen molar-refractivity contribution in [2.24, 2.45) is 11.8 Å². The van der Waals surface area contributed by atoms with Gasteiger partial charge in [-0.05, 0) is 19.3 Å². The van der Waals surface area contributed by atoms with Gasteiger partial charge < -0.3 is 14.5 Å². The largest absolute Gasteiger partial charge is 0.481 e. The molecular formula is C13H18N2O4. The van der Waals surface area contributed by atoms with E-state index in [1.165, 1.54) is 0 Å². The van der Waals surface area contributed by atoms with Gasteiger partial charge in [0.05, 0.1) is 11.6 Å². The Kier molecular flexibility index (Phi) is 3.59. The number of aromatic nitrogens is 1. The minimum atomic E-state index is -0.847. The van der Waals surface area contributed by atoms with E-state index in [0.717, 1.165) is 0 Å². The van der Waals surface area contributed by atoms with Gasteiger partial charge in [-0.15, -0.1) is 0 Å². The molecule has 0 spiro atoms. The van der Waals surface area contributed by atoms with Gasteiger partial charge in [-0.3, -0.25) is 9.59 Å². The molecule has 0 saturated carbocycles. The first kappa shape index (κ1) is 13.6. The van der Waals surface area contributed by atoms with Crippen LogP contribution in [0.4, 0.5) is 0 Å². The molecule has 104 valence electrons. The SMILES string of the molecule is CCc1noc(C)c1C(=O)N1CC(C)C(C(=O)O)C1. The zero-order valence-electron chi connectivity index (χ0n) is 11.3. The molecule has 1 amide bonds. The molecule has 0 aliphatic carbocycles. The number of nitrogens with zero attached hydrogens (tertiary/aromatic N) is 2. The summed E-state index contributed by atoms with van der Waals surface area (Å²) >= 11 is 0. The summed E-state index contributed by atoms with van der Waals surface area (Å²) in [6, 6.07) is 0. The quantitative estimate of drug-likeness (QED) is 0.892. The second-order valence-electron chi connectivity index (χ2n) is 5.05. The fourth-order valence-corrected chi connectivity index (χ4v) is 2.55. The number of hydrogen-bond donors (Lipinski definition) is 1. The minimum Gasteiger partial charge on any atom is -0.481 e. The van der Waals surface area contributed by atoms with E-state index in [1.807, 2.05) is 13.8 Å². The Bertz CT molecular complexity index is 509. The lowest BCUT2D eigenvalue weighted by molar-refractivity contribution is -0.142. The van der Waals surface area contributed by atoms with Crippen LogP contribution in [-0.2, 0) is 11.2 Å². The Balaban J connectivity index is 2.22. The zero-order valence-corrected chi connectivity index (χ0v) is 11.3. The number of aliphatic carboxylic acids is 1. The normalized spacial score (nSPS) is 22.8. The summed E-state index contributed by atoms with van der Waals surface area (Å²) in [5.74, 6) is -1.05. The summed E-state index contributed by atoms with van der Waals surface area (Å²) < 4.78 is 5.05. The van der Waals surface area contributed by atoms with Crippen molar-refractivity contribution < 1.29 is 19.2 Å². The van der Waals surface area contributed by atoms with Crippen molar-refractivity contribution in [2.45, 2.75) is 27.2 Å². The monoisotopic (exact) mass is 266 g/mol. The van der Waals surface area contributed by atoms with Crippen LogP contribution in [0, 0.1) is 18.8 Å². The third-order valence-electron chi connectivity index (χ3n) is 3.70. The number of amides is 1. The van der Waals surface area contributed by atoms with E-state index < -0.39 is 11.9 Å². The molecular weight excluding hydrogens is 248 g/mol. The third-order valence-corrected chi connectivity index (χ3v) is 3.70. The fraction of sp³-hybridized carbons (Fsp3) is 0.615. The van der Waals surface area contributed by atoms with Crippen LogP contribution in [0.1, 0.15) is 35.7 Å². The maximum Gasteiger partial charge on any atom is 0.308 e. The smallest absolute Gasteiger partial charge is 0.308 e. The van der Waals surface area contributed by atoms with E-state index >= 15 is 0 Å². The number of rotatable bonds is 3. The number of carboxylic acids is 1. The molecule has 1 fully saturated rings. The third kappa shape index (κ3) is 2.34. The first-order valence-electron chi connectivity index (χ1n) is 6.42. The summed E-state index contributed by atoms with van der Waals surface area (Å²) in [6.45, 7) is 6.17. The Morgan fingerprint density at radius 3 is 2.68 bits per heavy atom. The molecule has 1 aromatic rings. The standard InChI is InChI=1S/C13H18N2O4/c1-4-10-11(8(3)19-14-10)12(16)15-5-7(2)9(6-15)13(17)18/h7,9H,4-6H2,1-3H3,(H,17,18). The summed E-state index contributed by atoms with van der Waals surface area (Å²) in [4.78, 5) is 25.1. The van der Waals surface area contributed by atoms with Crippen molar-refractivity contribution in [3.8, 4) is 0 Å². The van der Waals surface area contributed by atoms with Crippen LogP contribution in [0.25, 0.3) is 0 Å².